The van der Waals surface area contributed by atoms with Crippen molar-refractivity contribution in [3.05, 3.63) is 24.3 Å². The van der Waals surface area contributed by atoms with Gasteiger partial charge in [-0.25, -0.2) is 0 Å². The van der Waals surface area contributed by atoms with E-state index in [1.807, 2.05) is 24.3 Å². The Labute approximate surface area is 107 Å². The maximum Gasteiger partial charge on any atom is 0.494 e. The average molecular weight is 248 g/mol. The number of hydrogen-bond acceptors (Lipinski definition) is 4. The summed E-state index contributed by atoms with van der Waals surface area (Å²) in [4.78, 5) is 0. The van der Waals surface area contributed by atoms with Gasteiger partial charge in [0.05, 0.1) is 19.3 Å². The summed E-state index contributed by atoms with van der Waals surface area (Å²) >= 11 is 0. The van der Waals surface area contributed by atoms with Crippen LogP contribution in [0.4, 0.5) is 0 Å². The van der Waals surface area contributed by atoms with Crippen molar-refractivity contribution in [3.8, 4) is 5.75 Å². The Morgan fingerprint density at radius 1 is 1.22 bits per heavy atom. The fourth-order valence-corrected chi connectivity index (χ4v) is 2.27. The standard InChI is InChI=1S/C13H17BO4/c1-3-11(14-17-7-8-18-14)9-12(4-1)16-10-13-5-2-6-15-13/h1,3-4,9,13H,2,5-8,10H2. The Morgan fingerprint density at radius 2 is 2.11 bits per heavy atom. The first-order valence-corrected chi connectivity index (χ1v) is 6.49. The molecule has 2 fully saturated rings. The number of ether oxygens (including phenoxy) is 2. The van der Waals surface area contributed by atoms with Gasteiger partial charge in [-0.05, 0) is 30.4 Å². The van der Waals surface area contributed by atoms with Crippen LogP contribution in [0, 0.1) is 0 Å². The third-order valence-electron chi connectivity index (χ3n) is 3.21. The van der Waals surface area contributed by atoms with Crippen LogP contribution in [0.1, 0.15) is 12.8 Å². The lowest BCUT2D eigenvalue weighted by molar-refractivity contribution is 0.0680. The highest BCUT2D eigenvalue weighted by Crippen LogP contribution is 2.15. The Bertz CT molecular complexity index is 386. The number of hydrogen-bond donors (Lipinski definition) is 0. The van der Waals surface area contributed by atoms with Crippen molar-refractivity contribution in [2.24, 2.45) is 0 Å². The Hall–Kier alpha value is -1.04. The zero-order valence-corrected chi connectivity index (χ0v) is 10.3. The van der Waals surface area contributed by atoms with Gasteiger partial charge in [-0.1, -0.05) is 12.1 Å². The molecule has 0 N–H and O–H groups in total. The van der Waals surface area contributed by atoms with Gasteiger partial charge in [0.15, 0.2) is 0 Å². The predicted octanol–water partition coefficient (Wildman–Crippen LogP) is 0.986. The number of benzene rings is 1. The van der Waals surface area contributed by atoms with Gasteiger partial charge in [-0.3, -0.25) is 0 Å². The Morgan fingerprint density at radius 3 is 2.89 bits per heavy atom. The maximum absolute atomic E-state index is 5.75. The van der Waals surface area contributed by atoms with Crippen molar-refractivity contribution in [3.63, 3.8) is 0 Å². The van der Waals surface area contributed by atoms with Crippen molar-refractivity contribution in [1.29, 1.82) is 0 Å². The minimum atomic E-state index is -0.240. The highest BCUT2D eigenvalue weighted by Gasteiger charge is 2.26. The van der Waals surface area contributed by atoms with E-state index in [0.29, 0.717) is 19.8 Å². The molecule has 4 nitrogen and oxygen atoms in total. The summed E-state index contributed by atoms with van der Waals surface area (Å²) in [5.74, 6) is 0.849. The summed E-state index contributed by atoms with van der Waals surface area (Å²) in [6.07, 6.45) is 2.47. The molecule has 3 rings (SSSR count). The van der Waals surface area contributed by atoms with Crippen LogP contribution in [0.5, 0.6) is 5.75 Å². The van der Waals surface area contributed by atoms with Crippen LogP contribution < -0.4 is 10.2 Å². The second-order valence-electron chi connectivity index (χ2n) is 4.59. The molecule has 2 saturated heterocycles. The van der Waals surface area contributed by atoms with Gasteiger partial charge in [-0.15, -0.1) is 0 Å². The minimum Gasteiger partial charge on any atom is -0.491 e. The SMILES string of the molecule is c1cc(OCC2CCCO2)cc(B2OCCO2)c1. The summed E-state index contributed by atoms with van der Waals surface area (Å²) in [6.45, 7) is 2.80. The van der Waals surface area contributed by atoms with Gasteiger partial charge in [0.2, 0.25) is 0 Å². The second kappa shape index (κ2) is 5.74. The van der Waals surface area contributed by atoms with Gasteiger partial charge < -0.3 is 18.8 Å². The van der Waals surface area contributed by atoms with Gasteiger partial charge in [0.25, 0.3) is 0 Å². The van der Waals surface area contributed by atoms with E-state index in [2.05, 4.69) is 0 Å². The van der Waals surface area contributed by atoms with E-state index in [4.69, 9.17) is 18.8 Å². The quantitative estimate of drug-likeness (QED) is 0.744. The predicted molar refractivity (Wildman–Crippen MR) is 68.2 cm³/mol. The molecule has 0 amide bonds. The van der Waals surface area contributed by atoms with E-state index < -0.39 is 0 Å². The monoisotopic (exact) mass is 248 g/mol. The lowest BCUT2D eigenvalue weighted by Crippen LogP contribution is -2.31. The zero-order valence-electron chi connectivity index (χ0n) is 10.3. The molecule has 0 radical (unpaired) electrons. The van der Waals surface area contributed by atoms with E-state index in [9.17, 15) is 0 Å². The fourth-order valence-electron chi connectivity index (χ4n) is 2.27. The molecular formula is C13H17BO4. The molecule has 18 heavy (non-hydrogen) atoms. The molecule has 0 aliphatic carbocycles. The van der Waals surface area contributed by atoms with Gasteiger partial charge in [-0.2, -0.15) is 0 Å². The first-order chi connectivity index (χ1) is 8.92. The van der Waals surface area contributed by atoms with Gasteiger partial charge in [0.1, 0.15) is 12.4 Å². The van der Waals surface area contributed by atoms with E-state index in [1.165, 1.54) is 0 Å². The maximum atomic E-state index is 5.75. The van der Waals surface area contributed by atoms with E-state index in [-0.39, 0.29) is 13.2 Å². The smallest absolute Gasteiger partial charge is 0.491 e. The van der Waals surface area contributed by atoms with Crippen LogP contribution in [0.2, 0.25) is 0 Å². The summed E-state index contributed by atoms with van der Waals surface area (Å²) in [5.41, 5.74) is 1.01. The molecule has 1 aromatic rings. The molecule has 5 heteroatoms. The van der Waals surface area contributed by atoms with Crippen molar-refractivity contribution < 1.29 is 18.8 Å². The average Bonchev–Trinajstić information content (AvgIpc) is 3.10. The molecule has 1 unspecified atom stereocenters. The lowest BCUT2D eigenvalue weighted by Gasteiger charge is -2.12. The summed E-state index contributed by atoms with van der Waals surface area (Å²) in [7, 11) is -0.240. The van der Waals surface area contributed by atoms with E-state index in [0.717, 1.165) is 30.7 Å². The van der Waals surface area contributed by atoms with Crippen LogP contribution in [-0.4, -0.2) is 39.6 Å². The third kappa shape index (κ3) is 2.86. The normalized spacial score (nSPS) is 23.6. The molecule has 1 aromatic carbocycles. The Balaban J connectivity index is 1.59. The van der Waals surface area contributed by atoms with Crippen molar-refractivity contribution >= 4 is 12.6 Å². The van der Waals surface area contributed by atoms with Crippen LogP contribution in [0.3, 0.4) is 0 Å². The highest BCUT2D eigenvalue weighted by atomic mass is 16.6. The lowest BCUT2D eigenvalue weighted by atomic mass is 9.79. The summed E-state index contributed by atoms with van der Waals surface area (Å²) in [6, 6.07) is 7.89. The van der Waals surface area contributed by atoms with Crippen LogP contribution >= 0.6 is 0 Å². The molecule has 2 heterocycles. The van der Waals surface area contributed by atoms with Crippen molar-refractivity contribution in [1.82, 2.24) is 0 Å². The van der Waals surface area contributed by atoms with Gasteiger partial charge >= 0.3 is 7.12 Å². The van der Waals surface area contributed by atoms with Crippen LogP contribution in [0.15, 0.2) is 24.3 Å². The molecule has 0 saturated carbocycles. The molecule has 2 aliphatic heterocycles. The van der Waals surface area contributed by atoms with Crippen LogP contribution in [-0.2, 0) is 14.0 Å². The molecule has 1 atom stereocenters. The molecule has 2 aliphatic rings. The second-order valence-corrected chi connectivity index (χ2v) is 4.59. The topological polar surface area (TPSA) is 36.9 Å². The summed E-state index contributed by atoms with van der Waals surface area (Å²) < 4.78 is 22.2. The summed E-state index contributed by atoms with van der Waals surface area (Å²) in [5, 5.41) is 0. The first kappa shape index (κ1) is 12.0. The molecule has 0 aromatic heterocycles. The third-order valence-corrected chi connectivity index (χ3v) is 3.21. The van der Waals surface area contributed by atoms with Crippen molar-refractivity contribution in [2.45, 2.75) is 18.9 Å². The molecule has 96 valence electrons. The molecule has 0 spiro atoms. The fraction of sp³-hybridized carbons (Fsp3) is 0.538. The highest BCUT2D eigenvalue weighted by molar-refractivity contribution is 6.61. The Kier molecular flexibility index (Phi) is 3.83. The van der Waals surface area contributed by atoms with E-state index >= 15 is 0 Å². The molecular weight excluding hydrogens is 231 g/mol. The minimum absolute atomic E-state index is 0.240. The van der Waals surface area contributed by atoms with Crippen molar-refractivity contribution in [2.75, 3.05) is 26.4 Å². The zero-order chi connectivity index (χ0) is 12.2. The first-order valence-electron chi connectivity index (χ1n) is 6.49. The van der Waals surface area contributed by atoms with E-state index in [1.54, 1.807) is 0 Å². The molecule has 0 bridgehead atoms. The van der Waals surface area contributed by atoms with Crippen LogP contribution in [0.25, 0.3) is 0 Å². The van der Waals surface area contributed by atoms with Gasteiger partial charge in [0, 0.05) is 6.61 Å². The largest absolute Gasteiger partial charge is 0.494 e. The number of rotatable bonds is 4.